The molecular weight excluding hydrogens is 443 g/mol. The molecule has 2 aromatic carbocycles. The molecule has 24 heavy (non-hydrogen) atoms. The van der Waals surface area contributed by atoms with Crippen molar-refractivity contribution in [1.82, 2.24) is 0 Å². The summed E-state index contributed by atoms with van der Waals surface area (Å²) in [7, 11) is 4.20. The van der Waals surface area contributed by atoms with Gasteiger partial charge >= 0.3 is 5.97 Å². The second-order valence-electron chi connectivity index (χ2n) is 4.88. The van der Waals surface area contributed by atoms with Crippen molar-refractivity contribution in [3.8, 4) is 22.6 Å². The number of halogens is 1. The van der Waals surface area contributed by atoms with Gasteiger partial charge in [-0.05, 0) is 47.9 Å². The molecule has 0 radical (unpaired) electrons. The third kappa shape index (κ3) is 4.55. The predicted molar refractivity (Wildman–Crippen MR) is 103 cm³/mol. The van der Waals surface area contributed by atoms with Gasteiger partial charge in [0, 0.05) is 26.8 Å². The smallest absolute Gasteiger partial charge is 0.337 e. The number of phenols is 1. The zero-order valence-electron chi connectivity index (χ0n) is 13.2. The molecule has 0 spiro atoms. The molecular formula is C17H17IO5S. The van der Waals surface area contributed by atoms with Crippen molar-refractivity contribution in [3.63, 3.8) is 0 Å². The quantitative estimate of drug-likeness (QED) is 0.286. The van der Waals surface area contributed by atoms with Gasteiger partial charge in [0.25, 0.3) is 0 Å². The van der Waals surface area contributed by atoms with Crippen LogP contribution in [0.15, 0.2) is 36.4 Å². The molecule has 0 aliphatic heterocycles. The van der Waals surface area contributed by atoms with Crippen LogP contribution in [0.5, 0.6) is 11.5 Å². The largest absolute Gasteiger partial charge is 0.507 e. The molecule has 7 heteroatoms. The molecule has 0 aliphatic rings. The van der Waals surface area contributed by atoms with Crippen LogP contribution < -0.4 is 4.74 Å². The van der Waals surface area contributed by atoms with Crippen molar-refractivity contribution in [2.75, 3.05) is 20.8 Å². The second-order valence-corrected chi connectivity index (χ2v) is 6.32. The summed E-state index contributed by atoms with van der Waals surface area (Å²) in [5.74, 6) is 0.369. The van der Waals surface area contributed by atoms with Crippen molar-refractivity contribution < 1.29 is 23.6 Å². The maximum Gasteiger partial charge on any atom is 0.337 e. The third-order valence-electron chi connectivity index (χ3n) is 3.52. The highest BCUT2D eigenvalue weighted by atomic mass is 127. The molecule has 2 aromatic rings. The molecule has 0 saturated carbocycles. The summed E-state index contributed by atoms with van der Waals surface area (Å²) in [6.07, 6.45) is 0.643. The molecule has 0 aliphatic carbocycles. The van der Waals surface area contributed by atoms with Gasteiger partial charge in [0.2, 0.25) is 0 Å². The summed E-state index contributed by atoms with van der Waals surface area (Å²) in [4.78, 5) is 11.8. The number of esters is 1. The number of carbonyl (C=O) groups excluding carboxylic acids is 1. The number of methoxy groups -OCH3 is 2. The van der Waals surface area contributed by atoms with Crippen LogP contribution in [0.2, 0.25) is 0 Å². The van der Waals surface area contributed by atoms with Crippen molar-refractivity contribution in [3.05, 3.63) is 47.5 Å². The number of hydrogen-bond acceptors (Lipinski definition) is 6. The fourth-order valence-electron chi connectivity index (χ4n) is 2.35. The molecule has 2 rings (SSSR count). The Morgan fingerprint density at radius 3 is 2.62 bits per heavy atom. The van der Waals surface area contributed by atoms with Crippen LogP contribution in [0.25, 0.3) is 11.1 Å². The lowest BCUT2D eigenvalue weighted by Crippen LogP contribution is -2.02. The minimum atomic E-state index is -0.448. The molecule has 0 atom stereocenters. The predicted octanol–water partition coefficient (Wildman–Crippen LogP) is 4.41. The van der Waals surface area contributed by atoms with Crippen molar-refractivity contribution in [2.45, 2.75) is 6.42 Å². The van der Waals surface area contributed by atoms with Crippen molar-refractivity contribution in [2.24, 2.45) is 0 Å². The van der Waals surface area contributed by atoms with Gasteiger partial charge in [-0.15, -0.1) is 0 Å². The fourth-order valence-corrected chi connectivity index (χ4v) is 3.03. The number of rotatable bonds is 7. The minimum Gasteiger partial charge on any atom is -0.507 e. The van der Waals surface area contributed by atoms with Crippen LogP contribution in [0.3, 0.4) is 0 Å². The Hall–Kier alpha value is -1.45. The molecule has 0 unspecified atom stereocenters. The maximum atomic E-state index is 11.8. The van der Waals surface area contributed by atoms with Crippen molar-refractivity contribution in [1.29, 1.82) is 0 Å². The van der Waals surface area contributed by atoms with E-state index < -0.39 is 5.97 Å². The van der Waals surface area contributed by atoms with Crippen LogP contribution >= 0.6 is 30.4 Å². The summed E-state index contributed by atoms with van der Waals surface area (Å²) in [6, 6.07) is 10.2. The molecule has 0 fully saturated rings. The second kappa shape index (κ2) is 9.14. The van der Waals surface area contributed by atoms with Crippen LogP contribution in [-0.4, -0.2) is 31.9 Å². The van der Waals surface area contributed by atoms with E-state index in [2.05, 4.69) is 21.2 Å². The van der Waals surface area contributed by atoms with Crippen LogP contribution in [0.1, 0.15) is 15.9 Å². The van der Waals surface area contributed by atoms with Gasteiger partial charge < -0.3 is 18.8 Å². The summed E-state index contributed by atoms with van der Waals surface area (Å²) in [5, 5.41) is 10.2. The zero-order chi connectivity index (χ0) is 17.5. The number of ether oxygens (including phenoxy) is 2. The Morgan fingerprint density at radius 1 is 1.17 bits per heavy atom. The lowest BCUT2D eigenvalue weighted by atomic mass is 9.95. The monoisotopic (exact) mass is 460 g/mol. The Balaban J connectivity index is 2.48. The first-order chi connectivity index (χ1) is 11.6. The van der Waals surface area contributed by atoms with Crippen LogP contribution in [0.4, 0.5) is 0 Å². The Kier molecular flexibility index (Phi) is 7.19. The molecule has 0 aromatic heterocycles. The first-order valence-electron chi connectivity index (χ1n) is 7.09. The van der Waals surface area contributed by atoms with Gasteiger partial charge in [0.1, 0.15) is 11.5 Å². The lowest BCUT2D eigenvalue weighted by molar-refractivity contribution is 0.0601. The van der Waals surface area contributed by atoms with Gasteiger partial charge in [-0.2, -0.15) is 0 Å². The van der Waals surface area contributed by atoms with E-state index in [0.29, 0.717) is 24.2 Å². The van der Waals surface area contributed by atoms with E-state index in [1.807, 2.05) is 18.2 Å². The topological polar surface area (TPSA) is 65.0 Å². The van der Waals surface area contributed by atoms with E-state index in [-0.39, 0.29) is 5.75 Å². The Bertz CT molecular complexity index is 720. The van der Waals surface area contributed by atoms with E-state index >= 15 is 0 Å². The molecule has 1 N–H and O–H groups in total. The van der Waals surface area contributed by atoms with Crippen molar-refractivity contribution >= 4 is 36.4 Å². The van der Waals surface area contributed by atoms with Gasteiger partial charge in [0.05, 0.1) is 35.6 Å². The standard InChI is InChI=1S/C17H17IO5S/c1-21-13-4-5-14(11(9-13)7-8-23-24-18)15-10-12(17(20)22-2)3-6-16(15)19/h3-6,9-10,19H,7-8H2,1-2H3. The van der Waals surface area contributed by atoms with Crippen LogP contribution in [0, 0.1) is 0 Å². The average Bonchev–Trinajstić information content (AvgIpc) is 2.61. The Labute approximate surface area is 157 Å². The normalized spacial score (nSPS) is 10.5. The van der Waals surface area contributed by atoms with Gasteiger partial charge in [-0.1, -0.05) is 6.07 Å². The van der Waals surface area contributed by atoms with E-state index in [1.165, 1.54) is 28.5 Å². The first-order valence-corrected chi connectivity index (χ1v) is 10.4. The average molecular weight is 460 g/mol. The van der Waals surface area contributed by atoms with E-state index in [9.17, 15) is 9.90 Å². The molecule has 5 nitrogen and oxygen atoms in total. The summed E-state index contributed by atoms with van der Waals surface area (Å²) < 4.78 is 15.4. The SMILES string of the molecule is COC(=O)c1ccc(O)c(-c2ccc(OC)cc2CCOSI)c1. The summed E-state index contributed by atoms with van der Waals surface area (Å²) in [6.45, 7) is 0.519. The summed E-state index contributed by atoms with van der Waals surface area (Å²) >= 11 is 2.06. The first kappa shape index (κ1) is 18.9. The van der Waals surface area contributed by atoms with Gasteiger partial charge in [0.15, 0.2) is 0 Å². The highest BCUT2D eigenvalue weighted by Crippen LogP contribution is 2.35. The van der Waals surface area contributed by atoms with Crippen LogP contribution in [-0.2, 0) is 15.3 Å². The minimum absolute atomic E-state index is 0.0956. The number of hydrogen-bond donors (Lipinski definition) is 1. The highest BCUT2D eigenvalue weighted by molar-refractivity contribution is 14.2. The van der Waals surface area contributed by atoms with Gasteiger partial charge in [-0.3, -0.25) is 0 Å². The number of benzene rings is 2. The number of aromatic hydroxyl groups is 1. The Morgan fingerprint density at radius 2 is 1.96 bits per heavy atom. The van der Waals surface area contributed by atoms with E-state index in [4.69, 9.17) is 13.7 Å². The number of phenolic OH excluding ortho intramolecular Hbond substituents is 1. The molecule has 0 amide bonds. The molecule has 128 valence electrons. The van der Waals surface area contributed by atoms with Gasteiger partial charge in [-0.25, -0.2) is 4.79 Å². The number of carbonyl (C=O) groups is 1. The lowest BCUT2D eigenvalue weighted by Gasteiger charge is -2.14. The van der Waals surface area contributed by atoms with E-state index in [1.54, 1.807) is 13.2 Å². The fraction of sp³-hybridized carbons (Fsp3) is 0.235. The maximum absolute atomic E-state index is 11.8. The third-order valence-corrected chi connectivity index (χ3v) is 4.54. The molecule has 0 bridgehead atoms. The zero-order valence-corrected chi connectivity index (χ0v) is 16.2. The summed E-state index contributed by atoms with van der Waals surface area (Å²) in [5.41, 5.74) is 2.72. The van der Waals surface area contributed by atoms with E-state index in [0.717, 1.165) is 16.9 Å². The molecule has 0 heterocycles. The molecule has 0 saturated heterocycles. The highest BCUT2D eigenvalue weighted by Gasteiger charge is 2.14.